The van der Waals surface area contributed by atoms with Crippen molar-refractivity contribution >= 4 is 28.7 Å². The first-order chi connectivity index (χ1) is 17.3. The summed E-state index contributed by atoms with van der Waals surface area (Å²) < 4.78 is 38.6. The van der Waals surface area contributed by atoms with Crippen LogP contribution in [0.25, 0.3) is 5.57 Å². The normalized spacial score (nSPS) is 11.5. The predicted molar refractivity (Wildman–Crippen MR) is 158 cm³/mol. The lowest BCUT2D eigenvalue weighted by Gasteiger charge is -2.15. The molecule has 0 aliphatic heterocycles. The molecule has 0 radical (unpaired) electrons. The predicted octanol–water partition coefficient (Wildman–Crippen LogP) is 11.3. The van der Waals surface area contributed by atoms with Gasteiger partial charge in [0.2, 0.25) is 0 Å². The van der Waals surface area contributed by atoms with E-state index < -0.39 is 11.7 Å². The second-order valence-electron chi connectivity index (χ2n) is 9.44. The van der Waals surface area contributed by atoms with Crippen LogP contribution in [0.5, 0.6) is 0 Å². The lowest BCUT2D eigenvalue weighted by atomic mass is 9.97. The summed E-state index contributed by atoms with van der Waals surface area (Å²) in [5.41, 5.74) is 8.96. The maximum Gasteiger partial charge on any atom is 0.416 e. The van der Waals surface area contributed by atoms with E-state index in [1.54, 1.807) is 11.8 Å². The van der Waals surface area contributed by atoms with E-state index in [2.05, 4.69) is 59.9 Å². The number of benzene rings is 2. The molecule has 0 aliphatic carbocycles. The van der Waals surface area contributed by atoms with Gasteiger partial charge < -0.3 is 0 Å². The maximum atomic E-state index is 12.9. The minimum absolute atomic E-state index is 0.622. The number of hydrogen-bond donors (Lipinski definition) is 0. The van der Waals surface area contributed by atoms with Crippen LogP contribution in [0.2, 0.25) is 0 Å². The second-order valence-corrected chi connectivity index (χ2v) is 10.5. The van der Waals surface area contributed by atoms with Crippen LogP contribution < -0.4 is 0 Å². The van der Waals surface area contributed by atoms with Crippen LogP contribution in [-0.2, 0) is 6.18 Å². The zero-order valence-electron chi connectivity index (χ0n) is 23.7. The quantitative estimate of drug-likeness (QED) is 0.169. The Morgan fingerprint density at radius 3 is 2.03 bits per heavy atom. The third kappa shape index (κ3) is 10.8. The minimum Gasteiger partial charge on any atom is -0.258 e. The highest BCUT2D eigenvalue weighted by atomic mass is 32.2. The second kappa shape index (κ2) is 15.0. The lowest BCUT2D eigenvalue weighted by Crippen LogP contribution is -2.04. The summed E-state index contributed by atoms with van der Waals surface area (Å²) in [5.74, 6) is 0.780. The van der Waals surface area contributed by atoms with Gasteiger partial charge in [-0.3, -0.25) is 4.99 Å². The number of hydrogen-bond acceptors (Lipinski definition) is 2. The molecule has 5 heteroatoms. The van der Waals surface area contributed by atoms with Crippen LogP contribution in [-0.4, -0.2) is 11.5 Å². The number of aliphatic imine (C=N–C) groups is 1. The van der Waals surface area contributed by atoms with Gasteiger partial charge in [-0.15, -0.1) is 18.3 Å². The lowest BCUT2D eigenvalue weighted by molar-refractivity contribution is -0.137. The number of allylic oxidation sites excluding steroid dienone is 3. The van der Waals surface area contributed by atoms with E-state index in [1.807, 2.05) is 20.8 Å². The van der Waals surface area contributed by atoms with Crippen LogP contribution in [0.4, 0.5) is 18.9 Å². The summed E-state index contributed by atoms with van der Waals surface area (Å²) in [6.07, 6.45) is -1.87. The van der Waals surface area contributed by atoms with Crippen LogP contribution in [0, 0.1) is 13.8 Å². The highest BCUT2D eigenvalue weighted by Crippen LogP contribution is 2.34. The third-order valence-electron chi connectivity index (χ3n) is 6.01. The fraction of sp³-hybridized carbons (Fsp3) is 0.406. The summed E-state index contributed by atoms with van der Waals surface area (Å²) in [4.78, 5) is 6.03. The molecule has 0 amide bonds. The molecule has 0 atom stereocenters. The molecule has 0 N–H and O–H groups in total. The number of alkyl halides is 3. The summed E-state index contributed by atoms with van der Waals surface area (Å²) in [7, 11) is 0. The summed E-state index contributed by atoms with van der Waals surface area (Å²) in [6.45, 7) is 24.6. The number of rotatable bonds is 10. The SMILES string of the molecule is C=C(C)CCC(C)=Nc1cc(SCC(CC(=C)c2ccc(C(F)(F)F)cc2)=C(C)C)cc(C)c1C.CC. The van der Waals surface area contributed by atoms with Gasteiger partial charge >= 0.3 is 6.18 Å². The zero-order valence-corrected chi connectivity index (χ0v) is 24.5. The van der Waals surface area contributed by atoms with E-state index in [9.17, 15) is 13.2 Å². The molecule has 0 heterocycles. The van der Waals surface area contributed by atoms with E-state index in [1.165, 1.54) is 34.4 Å². The maximum absolute atomic E-state index is 12.9. The number of aryl methyl sites for hydroxylation is 1. The van der Waals surface area contributed by atoms with Gasteiger partial charge in [0.25, 0.3) is 0 Å². The largest absolute Gasteiger partial charge is 0.416 e. The van der Waals surface area contributed by atoms with Gasteiger partial charge in [0, 0.05) is 16.4 Å². The van der Waals surface area contributed by atoms with Gasteiger partial charge in [0.1, 0.15) is 0 Å². The smallest absolute Gasteiger partial charge is 0.258 e. The third-order valence-corrected chi connectivity index (χ3v) is 7.07. The molecule has 0 aromatic heterocycles. The molecular weight excluding hydrogens is 487 g/mol. The Morgan fingerprint density at radius 2 is 1.51 bits per heavy atom. The molecule has 37 heavy (non-hydrogen) atoms. The molecule has 0 saturated heterocycles. The van der Waals surface area contributed by atoms with Crippen LogP contribution in [0.1, 0.15) is 83.1 Å². The minimum atomic E-state index is -4.33. The average Bonchev–Trinajstić information content (AvgIpc) is 2.83. The fourth-order valence-electron chi connectivity index (χ4n) is 3.46. The molecule has 0 aliphatic rings. The monoisotopic (exact) mass is 529 g/mol. The highest BCUT2D eigenvalue weighted by Gasteiger charge is 2.30. The van der Waals surface area contributed by atoms with Crippen LogP contribution in [0.3, 0.4) is 0 Å². The first-order valence-electron chi connectivity index (χ1n) is 12.7. The molecule has 2 rings (SSSR count). The Balaban J connectivity index is 0.00000334. The van der Waals surface area contributed by atoms with Gasteiger partial charge in [-0.05, 0) is 107 Å². The van der Waals surface area contributed by atoms with Crippen molar-refractivity contribution in [1.82, 2.24) is 0 Å². The van der Waals surface area contributed by atoms with Crippen LogP contribution >= 0.6 is 11.8 Å². The summed E-state index contributed by atoms with van der Waals surface area (Å²) >= 11 is 1.75. The Morgan fingerprint density at radius 1 is 0.919 bits per heavy atom. The van der Waals surface area contributed by atoms with Gasteiger partial charge in [-0.25, -0.2) is 0 Å². The van der Waals surface area contributed by atoms with Crippen molar-refractivity contribution in [2.45, 2.75) is 85.7 Å². The summed E-state index contributed by atoms with van der Waals surface area (Å²) in [6, 6.07) is 9.58. The zero-order chi connectivity index (χ0) is 28.3. The average molecular weight is 530 g/mol. The fourth-order valence-corrected chi connectivity index (χ4v) is 4.65. The molecule has 0 spiro atoms. The van der Waals surface area contributed by atoms with E-state index in [4.69, 9.17) is 4.99 Å². The summed E-state index contributed by atoms with van der Waals surface area (Å²) in [5, 5.41) is 0. The molecule has 2 aromatic rings. The molecule has 202 valence electrons. The van der Waals surface area contributed by atoms with Crippen molar-refractivity contribution in [2.24, 2.45) is 4.99 Å². The van der Waals surface area contributed by atoms with E-state index in [0.29, 0.717) is 6.42 Å². The standard InChI is InChI=1S/C30H36F3NS.C2H6/c1-19(2)9-10-23(7)34-29-17-28(16-21(5)24(29)8)35-18-26(20(3)4)15-22(6)25-11-13-27(14-12-25)30(31,32)33;1-2/h11-14,16-17H,1,6,9-10,15,18H2,2-5,7-8H3;1-2H3. The van der Waals surface area contributed by atoms with E-state index in [0.717, 1.165) is 63.7 Å². The number of halogens is 3. The first kappa shape index (κ1) is 32.5. The van der Waals surface area contributed by atoms with E-state index in [-0.39, 0.29) is 0 Å². The van der Waals surface area contributed by atoms with Gasteiger partial charge in [-0.1, -0.05) is 49.3 Å². The van der Waals surface area contributed by atoms with Crippen molar-refractivity contribution in [3.05, 3.63) is 88.5 Å². The first-order valence-corrected chi connectivity index (χ1v) is 13.7. The van der Waals surface area contributed by atoms with Crippen molar-refractivity contribution in [3.63, 3.8) is 0 Å². The number of thioether (sulfide) groups is 1. The highest BCUT2D eigenvalue weighted by molar-refractivity contribution is 7.99. The van der Waals surface area contributed by atoms with Crippen molar-refractivity contribution in [1.29, 1.82) is 0 Å². The molecule has 0 bridgehead atoms. The molecule has 0 fully saturated rings. The topological polar surface area (TPSA) is 12.4 Å². The Labute approximate surface area is 226 Å². The Bertz CT molecular complexity index is 1130. The van der Waals surface area contributed by atoms with Gasteiger partial charge in [0.15, 0.2) is 0 Å². The van der Waals surface area contributed by atoms with E-state index >= 15 is 0 Å². The molecule has 1 nitrogen and oxygen atoms in total. The molecule has 2 aromatic carbocycles. The molecule has 0 saturated carbocycles. The van der Waals surface area contributed by atoms with Crippen molar-refractivity contribution in [3.8, 4) is 0 Å². The Kier molecular flexibility index (Phi) is 13.2. The van der Waals surface area contributed by atoms with Crippen LogP contribution in [0.15, 0.2) is 76.2 Å². The van der Waals surface area contributed by atoms with Crippen molar-refractivity contribution < 1.29 is 13.2 Å². The number of nitrogens with zero attached hydrogens (tertiary/aromatic N) is 1. The Hall–Kier alpha value is -2.53. The molecular formula is C32H42F3NS. The molecule has 0 unspecified atom stereocenters. The van der Waals surface area contributed by atoms with Crippen molar-refractivity contribution in [2.75, 3.05) is 5.75 Å². The van der Waals surface area contributed by atoms with Gasteiger partial charge in [-0.2, -0.15) is 13.2 Å². The van der Waals surface area contributed by atoms with Gasteiger partial charge in [0.05, 0.1) is 11.3 Å².